The third-order valence-electron chi connectivity index (χ3n) is 4.27. The fourth-order valence-electron chi connectivity index (χ4n) is 3.26. The number of rotatable bonds is 2. The third-order valence-corrected chi connectivity index (χ3v) is 4.47. The monoisotopic (exact) mass is 280 g/mol. The summed E-state index contributed by atoms with van der Waals surface area (Å²) < 4.78 is 0. The van der Waals surface area contributed by atoms with Crippen molar-refractivity contribution in [1.29, 1.82) is 0 Å². The van der Waals surface area contributed by atoms with Crippen LogP contribution in [0.4, 0.5) is 5.82 Å². The highest BCUT2D eigenvalue weighted by molar-refractivity contribution is 6.29. The second-order valence-electron chi connectivity index (χ2n) is 5.56. The molecule has 1 aliphatic carbocycles. The number of anilines is 1. The summed E-state index contributed by atoms with van der Waals surface area (Å²) in [7, 11) is 0. The van der Waals surface area contributed by atoms with Crippen LogP contribution in [0.5, 0.6) is 0 Å². The van der Waals surface area contributed by atoms with Gasteiger partial charge in [0.2, 0.25) is 0 Å². The van der Waals surface area contributed by atoms with Crippen LogP contribution in [0.3, 0.4) is 0 Å². The summed E-state index contributed by atoms with van der Waals surface area (Å²) in [6, 6.07) is 2.71. The zero-order valence-corrected chi connectivity index (χ0v) is 12.2. The minimum Gasteiger partial charge on any atom is -0.354 e. The van der Waals surface area contributed by atoms with E-state index in [1.54, 1.807) is 0 Å². The van der Waals surface area contributed by atoms with Crippen LogP contribution < -0.4 is 4.90 Å². The van der Waals surface area contributed by atoms with Crippen LogP contribution in [0.25, 0.3) is 0 Å². The molecule has 1 aromatic heterocycles. The molecule has 0 atom stereocenters. The molecule has 1 aromatic rings. The molecule has 104 valence electrons. The van der Waals surface area contributed by atoms with Gasteiger partial charge in [0.1, 0.15) is 16.8 Å². The van der Waals surface area contributed by atoms with Crippen molar-refractivity contribution in [2.24, 2.45) is 0 Å². The summed E-state index contributed by atoms with van der Waals surface area (Å²) in [5, 5.41) is 0.542. The van der Waals surface area contributed by atoms with Gasteiger partial charge in [0, 0.05) is 38.3 Å². The van der Waals surface area contributed by atoms with Crippen molar-refractivity contribution in [1.82, 2.24) is 14.9 Å². The number of nitrogens with zero attached hydrogens (tertiary/aromatic N) is 4. The third kappa shape index (κ3) is 3.00. The Morgan fingerprint density at radius 3 is 2.42 bits per heavy atom. The lowest BCUT2D eigenvalue weighted by Gasteiger charge is -2.38. The zero-order chi connectivity index (χ0) is 13.2. The van der Waals surface area contributed by atoms with Gasteiger partial charge in [-0.2, -0.15) is 0 Å². The van der Waals surface area contributed by atoms with E-state index >= 15 is 0 Å². The fourth-order valence-corrected chi connectivity index (χ4v) is 3.48. The molecule has 0 aromatic carbocycles. The summed E-state index contributed by atoms with van der Waals surface area (Å²) in [6.07, 6.45) is 5.59. The van der Waals surface area contributed by atoms with E-state index in [4.69, 9.17) is 11.6 Å². The quantitative estimate of drug-likeness (QED) is 0.779. The van der Waals surface area contributed by atoms with E-state index in [2.05, 4.69) is 19.8 Å². The van der Waals surface area contributed by atoms with Crippen molar-refractivity contribution in [2.75, 3.05) is 31.1 Å². The summed E-state index contributed by atoms with van der Waals surface area (Å²) in [5.74, 6) is 1.73. The lowest BCUT2D eigenvalue weighted by Crippen LogP contribution is -2.50. The van der Waals surface area contributed by atoms with Gasteiger partial charge >= 0.3 is 0 Å². The normalized spacial score (nSPS) is 22.1. The summed E-state index contributed by atoms with van der Waals surface area (Å²) in [5.41, 5.74) is 0. The number of hydrogen-bond acceptors (Lipinski definition) is 4. The molecule has 4 nitrogen and oxygen atoms in total. The Bertz CT molecular complexity index is 417. The Kier molecular flexibility index (Phi) is 3.89. The van der Waals surface area contributed by atoms with Gasteiger partial charge in [0.15, 0.2) is 0 Å². The van der Waals surface area contributed by atoms with Crippen molar-refractivity contribution >= 4 is 17.4 Å². The van der Waals surface area contributed by atoms with Gasteiger partial charge in [0.25, 0.3) is 0 Å². The molecular formula is C14H21ClN4. The van der Waals surface area contributed by atoms with Crippen LogP contribution in [0.15, 0.2) is 6.07 Å². The van der Waals surface area contributed by atoms with E-state index in [-0.39, 0.29) is 0 Å². The molecule has 1 saturated carbocycles. The second-order valence-corrected chi connectivity index (χ2v) is 5.94. The standard InChI is InChI=1S/C14H21ClN4/c1-11-16-13(15)10-14(17-11)19-8-6-18(7-9-19)12-4-2-3-5-12/h10,12H,2-9H2,1H3. The van der Waals surface area contributed by atoms with Crippen LogP contribution in [-0.4, -0.2) is 47.1 Å². The molecule has 0 amide bonds. The molecule has 0 bridgehead atoms. The first-order valence-electron chi connectivity index (χ1n) is 7.22. The highest BCUT2D eigenvalue weighted by Crippen LogP contribution is 2.25. The molecular weight excluding hydrogens is 260 g/mol. The summed E-state index contributed by atoms with van der Waals surface area (Å²) in [4.78, 5) is 13.6. The van der Waals surface area contributed by atoms with Gasteiger partial charge < -0.3 is 4.90 Å². The average Bonchev–Trinajstić information content (AvgIpc) is 2.91. The van der Waals surface area contributed by atoms with Crippen molar-refractivity contribution in [3.63, 3.8) is 0 Å². The number of hydrogen-bond donors (Lipinski definition) is 0. The van der Waals surface area contributed by atoms with E-state index in [1.165, 1.54) is 25.7 Å². The summed E-state index contributed by atoms with van der Waals surface area (Å²) in [6.45, 7) is 6.27. The van der Waals surface area contributed by atoms with Gasteiger partial charge in [-0.15, -0.1) is 0 Å². The summed E-state index contributed by atoms with van der Waals surface area (Å²) >= 11 is 6.01. The van der Waals surface area contributed by atoms with E-state index in [1.807, 2.05) is 13.0 Å². The zero-order valence-electron chi connectivity index (χ0n) is 11.5. The molecule has 1 saturated heterocycles. The van der Waals surface area contributed by atoms with Crippen LogP contribution in [-0.2, 0) is 0 Å². The predicted molar refractivity (Wildman–Crippen MR) is 77.8 cm³/mol. The molecule has 2 heterocycles. The van der Waals surface area contributed by atoms with Gasteiger partial charge in [-0.3, -0.25) is 4.90 Å². The maximum atomic E-state index is 6.01. The molecule has 3 rings (SSSR count). The first-order chi connectivity index (χ1) is 9.22. The molecule has 5 heteroatoms. The van der Waals surface area contributed by atoms with E-state index in [0.29, 0.717) is 5.15 Å². The Morgan fingerprint density at radius 1 is 1.11 bits per heavy atom. The first kappa shape index (κ1) is 13.1. The lowest BCUT2D eigenvalue weighted by atomic mass is 10.2. The SMILES string of the molecule is Cc1nc(Cl)cc(N2CCN(C3CCCC3)CC2)n1. The largest absolute Gasteiger partial charge is 0.354 e. The minimum absolute atomic E-state index is 0.542. The maximum absolute atomic E-state index is 6.01. The molecule has 2 aliphatic rings. The number of piperazine rings is 1. The fraction of sp³-hybridized carbons (Fsp3) is 0.714. The Labute approximate surface area is 119 Å². The average molecular weight is 281 g/mol. The second kappa shape index (κ2) is 5.63. The maximum Gasteiger partial charge on any atom is 0.134 e. The van der Waals surface area contributed by atoms with Crippen molar-refractivity contribution in [2.45, 2.75) is 38.6 Å². The van der Waals surface area contributed by atoms with Crippen molar-refractivity contribution < 1.29 is 0 Å². The Hall–Kier alpha value is -0.870. The van der Waals surface area contributed by atoms with Crippen LogP contribution in [0, 0.1) is 6.92 Å². The molecule has 0 unspecified atom stereocenters. The lowest BCUT2D eigenvalue weighted by molar-refractivity contribution is 0.187. The molecule has 0 spiro atoms. The number of halogens is 1. The van der Waals surface area contributed by atoms with Crippen molar-refractivity contribution in [3.8, 4) is 0 Å². The molecule has 19 heavy (non-hydrogen) atoms. The molecule has 0 N–H and O–H groups in total. The smallest absolute Gasteiger partial charge is 0.134 e. The Balaban J connectivity index is 1.63. The van der Waals surface area contributed by atoms with Gasteiger partial charge in [0.05, 0.1) is 0 Å². The van der Waals surface area contributed by atoms with Gasteiger partial charge in [-0.25, -0.2) is 9.97 Å². The predicted octanol–water partition coefficient (Wildman–Crippen LogP) is 2.50. The van der Waals surface area contributed by atoms with E-state index in [0.717, 1.165) is 43.9 Å². The van der Waals surface area contributed by atoms with Gasteiger partial charge in [-0.1, -0.05) is 24.4 Å². The number of aromatic nitrogens is 2. The van der Waals surface area contributed by atoms with E-state index < -0.39 is 0 Å². The number of aryl methyl sites for hydroxylation is 1. The highest BCUT2D eigenvalue weighted by atomic mass is 35.5. The molecule has 2 fully saturated rings. The molecule has 1 aliphatic heterocycles. The minimum atomic E-state index is 0.542. The van der Waals surface area contributed by atoms with Crippen LogP contribution in [0.1, 0.15) is 31.5 Å². The van der Waals surface area contributed by atoms with Crippen molar-refractivity contribution in [3.05, 3.63) is 17.0 Å². The first-order valence-corrected chi connectivity index (χ1v) is 7.60. The van der Waals surface area contributed by atoms with Crippen LogP contribution in [0.2, 0.25) is 5.15 Å². The van der Waals surface area contributed by atoms with Gasteiger partial charge in [-0.05, 0) is 19.8 Å². The van der Waals surface area contributed by atoms with E-state index in [9.17, 15) is 0 Å². The molecule has 0 radical (unpaired) electrons. The topological polar surface area (TPSA) is 32.3 Å². The Morgan fingerprint density at radius 2 is 1.79 bits per heavy atom. The highest BCUT2D eigenvalue weighted by Gasteiger charge is 2.26. The van der Waals surface area contributed by atoms with Crippen LogP contribution >= 0.6 is 11.6 Å².